The van der Waals surface area contributed by atoms with Crippen molar-refractivity contribution in [1.82, 2.24) is 5.32 Å². The number of carbonyl (C=O) groups excluding carboxylic acids is 1. The van der Waals surface area contributed by atoms with E-state index in [1.54, 1.807) is 0 Å². The van der Waals surface area contributed by atoms with E-state index in [-0.39, 0.29) is 30.1 Å². The smallest absolute Gasteiger partial charge is 0.218 e. The summed E-state index contributed by atoms with van der Waals surface area (Å²) < 4.78 is 6.07. The van der Waals surface area contributed by atoms with E-state index in [1.807, 2.05) is 13.8 Å². The van der Waals surface area contributed by atoms with Crippen molar-refractivity contribution in [2.24, 2.45) is 17.6 Å². The molecule has 4 heteroatoms. The van der Waals surface area contributed by atoms with E-state index in [0.717, 1.165) is 6.42 Å². The normalized spacial score (nSPS) is 34.6. The average molecular weight is 266 g/mol. The third kappa shape index (κ3) is 3.10. The summed E-state index contributed by atoms with van der Waals surface area (Å²) in [6.45, 7) is 9.76. The predicted molar refractivity (Wildman–Crippen MR) is 76.3 cm³/mol. The van der Waals surface area contributed by atoms with Gasteiger partial charge < -0.3 is 15.8 Å². The van der Waals surface area contributed by atoms with Gasteiger partial charge in [-0.1, -0.05) is 33.6 Å². The fourth-order valence-electron chi connectivity index (χ4n) is 2.87. The Morgan fingerprint density at radius 2 is 2.05 bits per heavy atom. The van der Waals surface area contributed by atoms with Crippen LogP contribution < -0.4 is 11.1 Å². The molecule has 4 atom stereocenters. The summed E-state index contributed by atoms with van der Waals surface area (Å²) >= 11 is 0. The van der Waals surface area contributed by atoms with Crippen molar-refractivity contribution < 1.29 is 9.53 Å². The van der Waals surface area contributed by atoms with Crippen molar-refractivity contribution in [2.75, 3.05) is 0 Å². The molecule has 0 bridgehead atoms. The van der Waals surface area contributed by atoms with E-state index in [2.05, 4.69) is 25.1 Å². The van der Waals surface area contributed by atoms with Gasteiger partial charge in [-0.05, 0) is 18.3 Å². The van der Waals surface area contributed by atoms with Crippen LogP contribution in [0.5, 0.6) is 0 Å². The van der Waals surface area contributed by atoms with Crippen molar-refractivity contribution in [3.63, 3.8) is 0 Å². The molecule has 0 aromatic rings. The van der Waals surface area contributed by atoms with Crippen molar-refractivity contribution in [3.05, 3.63) is 0 Å². The summed E-state index contributed by atoms with van der Waals surface area (Å²) in [7, 11) is 0. The number of hydrogen-bond acceptors (Lipinski definition) is 3. The first-order valence-corrected chi connectivity index (χ1v) is 6.92. The molecule has 1 amide bonds. The highest BCUT2D eigenvalue weighted by molar-refractivity contribution is 5.75. The second-order valence-corrected chi connectivity index (χ2v) is 6.19. The number of nitrogens with two attached hydrogens (primary N) is 1. The minimum atomic E-state index is -0.903. The number of rotatable bonds is 4. The zero-order valence-corrected chi connectivity index (χ0v) is 12.6. The highest BCUT2D eigenvalue weighted by atomic mass is 16.5. The molecule has 0 radical (unpaired) electrons. The van der Waals surface area contributed by atoms with Crippen LogP contribution >= 0.6 is 0 Å². The fraction of sp³-hybridized carbons (Fsp3) is 0.800. The van der Waals surface area contributed by atoms with Crippen LogP contribution in [0, 0.1) is 24.2 Å². The van der Waals surface area contributed by atoms with Gasteiger partial charge in [-0.3, -0.25) is 4.79 Å². The molecule has 1 heterocycles. The number of hydrogen-bond donors (Lipinski definition) is 2. The largest absolute Gasteiger partial charge is 0.369 e. The van der Waals surface area contributed by atoms with Gasteiger partial charge in [0.25, 0.3) is 0 Å². The number of ether oxygens (including phenoxy) is 1. The van der Waals surface area contributed by atoms with Crippen LogP contribution in [0.15, 0.2) is 0 Å². The molecule has 3 N–H and O–H groups in total. The van der Waals surface area contributed by atoms with Crippen molar-refractivity contribution >= 4 is 5.91 Å². The van der Waals surface area contributed by atoms with Crippen molar-refractivity contribution in [3.8, 4) is 12.3 Å². The second-order valence-electron chi connectivity index (χ2n) is 6.19. The molecule has 1 unspecified atom stereocenters. The van der Waals surface area contributed by atoms with Gasteiger partial charge in [-0.15, -0.1) is 6.42 Å². The maximum atomic E-state index is 11.5. The zero-order valence-electron chi connectivity index (χ0n) is 12.6. The predicted octanol–water partition coefficient (Wildman–Crippen LogP) is 1.29. The Morgan fingerprint density at radius 1 is 1.47 bits per heavy atom. The highest BCUT2D eigenvalue weighted by Gasteiger charge is 2.55. The number of terminal acetylenes is 1. The van der Waals surface area contributed by atoms with Crippen LogP contribution in [0.4, 0.5) is 0 Å². The Balaban J connectivity index is 3.09. The van der Waals surface area contributed by atoms with Crippen molar-refractivity contribution in [1.29, 1.82) is 0 Å². The van der Waals surface area contributed by atoms with E-state index in [0.29, 0.717) is 5.92 Å². The van der Waals surface area contributed by atoms with Crippen LogP contribution in [-0.2, 0) is 9.53 Å². The summed E-state index contributed by atoms with van der Waals surface area (Å²) in [5.41, 5.74) is 5.41. The minimum Gasteiger partial charge on any atom is -0.369 e. The molecule has 0 aliphatic carbocycles. The first kappa shape index (κ1) is 16.0. The molecule has 19 heavy (non-hydrogen) atoms. The SMILES string of the molecule is C#CC1(NC(C)=O)[C@H](N)[C@@H](CC(C)C)O[C@H]1C(C)C. The van der Waals surface area contributed by atoms with Gasteiger partial charge in [-0.25, -0.2) is 0 Å². The first-order valence-electron chi connectivity index (χ1n) is 6.92. The van der Waals surface area contributed by atoms with Gasteiger partial charge in [0, 0.05) is 6.92 Å². The van der Waals surface area contributed by atoms with Gasteiger partial charge in [0.2, 0.25) is 5.91 Å². The summed E-state index contributed by atoms with van der Waals surface area (Å²) in [5, 5.41) is 2.86. The van der Waals surface area contributed by atoms with Gasteiger partial charge >= 0.3 is 0 Å². The Morgan fingerprint density at radius 3 is 2.42 bits per heavy atom. The molecule has 0 spiro atoms. The summed E-state index contributed by atoms with van der Waals surface area (Å²) in [6, 6.07) is -0.379. The van der Waals surface area contributed by atoms with Crippen LogP contribution in [0.2, 0.25) is 0 Å². The van der Waals surface area contributed by atoms with Gasteiger partial charge in [0.1, 0.15) is 5.54 Å². The van der Waals surface area contributed by atoms with Crippen LogP contribution in [0.25, 0.3) is 0 Å². The van der Waals surface area contributed by atoms with Crippen molar-refractivity contribution in [2.45, 2.75) is 64.8 Å². The molecule has 0 aromatic carbocycles. The zero-order chi connectivity index (χ0) is 14.8. The lowest BCUT2D eigenvalue weighted by Gasteiger charge is -2.34. The van der Waals surface area contributed by atoms with Crippen LogP contribution in [0.3, 0.4) is 0 Å². The Labute approximate surface area is 116 Å². The molecule has 1 saturated heterocycles. The van der Waals surface area contributed by atoms with E-state index in [4.69, 9.17) is 16.9 Å². The molecule has 108 valence electrons. The molecule has 0 saturated carbocycles. The quantitative estimate of drug-likeness (QED) is 0.754. The minimum absolute atomic E-state index is 0.115. The fourth-order valence-corrected chi connectivity index (χ4v) is 2.87. The topological polar surface area (TPSA) is 64.4 Å². The molecular formula is C15H26N2O2. The maximum Gasteiger partial charge on any atom is 0.218 e. The molecule has 4 nitrogen and oxygen atoms in total. The standard InChI is InChI=1S/C15H26N2O2/c1-7-15(17-11(6)18)13(16)12(8-9(2)3)19-14(15)10(4)5/h1,9-10,12-14H,8,16H2,2-6H3,(H,17,18)/t12-,13-,14+,15?/m1/s1. The third-order valence-corrected chi connectivity index (χ3v) is 3.63. The molecular weight excluding hydrogens is 240 g/mol. The molecule has 1 fully saturated rings. The lowest BCUT2D eigenvalue weighted by Crippen LogP contribution is -2.63. The lowest BCUT2D eigenvalue weighted by molar-refractivity contribution is -0.121. The number of carbonyl (C=O) groups is 1. The molecule has 1 aliphatic rings. The first-order chi connectivity index (χ1) is 8.74. The Bertz CT molecular complexity index is 373. The Hall–Kier alpha value is -1.05. The number of amides is 1. The van der Waals surface area contributed by atoms with Gasteiger partial charge in [0.05, 0.1) is 18.2 Å². The summed E-state index contributed by atoms with van der Waals surface area (Å²) in [5.74, 6) is 3.19. The van der Waals surface area contributed by atoms with E-state index in [9.17, 15) is 4.79 Å². The maximum absolute atomic E-state index is 11.5. The van der Waals surface area contributed by atoms with Gasteiger partial charge in [-0.2, -0.15) is 0 Å². The average Bonchev–Trinajstić information content (AvgIpc) is 2.53. The third-order valence-electron chi connectivity index (χ3n) is 3.63. The highest BCUT2D eigenvalue weighted by Crippen LogP contribution is 2.36. The van der Waals surface area contributed by atoms with Crippen LogP contribution in [-0.4, -0.2) is 29.7 Å². The molecule has 0 aromatic heterocycles. The second kappa shape index (κ2) is 5.94. The summed E-state index contributed by atoms with van der Waals surface area (Å²) in [4.78, 5) is 11.5. The summed E-state index contributed by atoms with van der Waals surface area (Å²) in [6.07, 6.45) is 6.18. The lowest BCUT2D eigenvalue weighted by atomic mass is 9.80. The van der Waals surface area contributed by atoms with Crippen LogP contribution in [0.1, 0.15) is 41.0 Å². The molecule has 1 aliphatic heterocycles. The van der Waals surface area contributed by atoms with E-state index in [1.165, 1.54) is 6.92 Å². The molecule has 1 rings (SSSR count). The van der Waals surface area contributed by atoms with E-state index < -0.39 is 5.54 Å². The van der Waals surface area contributed by atoms with Gasteiger partial charge in [0.15, 0.2) is 0 Å². The number of nitrogens with one attached hydrogen (secondary N) is 1. The Kier molecular flexibility index (Phi) is 5.00. The monoisotopic (exact) mass is 266 g/mol. The van der Waals surface area contributed by atoms with E-state index >= 15 is 0 Å².